The van der Waals surface area contributed by atoms with Gasteiger partial charge in [0.15, 0.2) is 0 Å². The van der Waals surface area contributed by atoms with E-state index in [9.17, 15) is 10.1 Å². The Morgan fingerprint density at radius 1 is 1.70 bits per heavy atom. The van der Waals surface area contributed by atoms with Gasteiger partial charge >= 0.3 is 0 Å². The van der Waals surface area contributed by atoms with Crippen LogP contribution in [0, 0.1) is 10.1 Å². The summed E-state index contributed by atoms with van der Waals surface area (Å²) in [6.07, 6.45) is 1.03. The van der Waals surface area contributed by atoms with Crippen LogP contribution in [0.1, 0.15) is 12.8 Å². The summed E-state index contributed by atoms with van der Waals surface area (Å²) in [7, 11) is 0. The van der Waals surface area contributed by atoms with E-state index in [-0.39, 0.29) is 10.4 Å². The second-order valence-corrected chi connectivity index (χ2v) is 2.91. The first-order valence-corrected chi connectivity index (χ1v) is 3.64. The van der Waals surface area contributed by atoms with Crippen molar-refractivity contribution in [3.63, 3.8) is 0 Å². The monoisotopic (exact) mass is 164 g/mol. The molecule has 2 atom stereocenters. The van der Waals surface area contributed by atoms with E-state index in [4.69, 9.17) is 11.6 Å². The SMILES string of the molecule is O=[N+]([O-])C1CCNC(Cl)C1. The highest BCUT2D eigenvalue weighted by atomic mass is 35.5. The summed E-state index contributed by atoms with van der Waals surface area (Å²) in [6.45, 7) is 0.653. The maximum absolute atomic E-state index is 10.2. The first-order chi connectivity index (χ1) is 4.70. The van der Waals surface area contributed by atoms with Crippen LogP contribution in [0.25, 0.3) is 0 Å². The summed E-state index contributed by atoms with van der Waals surface area (Å²) in [6, 6.07) is -0.441. The lowest BCUT2D eigenvalue weighted by atomic mass is 10.1. The Bertz CT molecular complexity index is 142. The predicted octanol–water partition coefficient (Wildman–Crippen LogP) is 0.580. The molecule has 0 radical (unpaired) electrons. The molecule has 0 aromatic rings. The summed E-state index contributed by atoms with van der Waals surface area (Å²) < 4.78 is 0. The fourth-order valence-electron chi connectivity index (χ4n) is 1.04. The molecule has 1 fully saturated rings. The van der Waals surface area contributed by atoms with Crippen LogP contribution in [0.4, 0.5) is 0 Å². The van der Waals surface area contributed by atoms with E-state index in [1.807, 2.05) is 0 Å². The molecule has 4 nitrogen and oxygen atoms in total. The van der Waals surface area contributed by atoms with Crippen LogP contribution in [0.15, 0.2) is 0 Å². The van der Waals surface area contributed by atoms with Crippen molar-refractivity contribution in [2.75, 3.05) is 6.54 Å². The van der Waals surface area contributed by atoms with Gasteiger partial charge in [-0.3, -0.25) is 10.1 Å². The lowest BCUT2D eigenvalue weighted by molar-refractivity contribution is -0.525. The Morgan fingerprint density at radius 3 is 2.80 bits per heavy atom. The van der Waals surface area contributed by atoms with E-state index < -0.39 is 6.04 Å². The number of rotatable bonds is 1. The van der Waals surface area contributed by atoms with Gasteiger partial charge in [-0.1, -0.05) is 0 Å². The molecule has 1 aliphatic heterocycles. The van der Waals surface area contributed by atoms with Crippen LogP contribution in [0.5, 0.6) is 0 Å². The molecule has 58 valence electrons. The number of halogens is 1. The smallest absolute Gasteiger partial charge is 0.217 e. The zero-order valence-corrected chi connectivity index (χ0v) is 6.17. The van der Waals surface area contributed by atoms with Gasteiger partial charge in [-0.15, -0.1) is 11.6 Å². The first kappa shape index (κ1) is 7.75. The van der Waals surface area contributed by atoms with Crippen molar-refractivity contribution < 1.29 is 4.92 Å². The predicted molar refractivity (Wildman–Crippen MR) is 37.7 cm³/mol. The molecular weight excluding hydrogens is 156 g/mol. The van der Waals surface area contributed by atoms with Crippen molar-refractivity contribution in [1.82, 2.24) is 5.32 Å². The normalized spacial score (nSPS) is 33.7. The molecule has 1 N–H and O–H groups in total. The number of hydrogen-bond acceptors (Lipinski definition) is 3. The largest absolute Gasteiger partial charge is 0.301 e. The fourth-order valence-corrected chi connectivity index (χ4v) is 1.35. The van der Waals surface area contributed by atoms with Gasteiger partial charge < -0.3 is 5.32 Å². The van der Waals surface area contributed by atoms with Crippen molar-refractivity contribution in [1.29, 1.82) is 0 Å². The van der Waals surface area contributed by atoms with E-state index in [0.29, 0.717) is 19.4 Å². The minimum atomic E-state index is -0.441. The van der Waals surface area contributed by atoms with Crippen molar-refractivity contribution in [3.05, 3.63) is 10.1 Å². The molecule has 1 saturated heterocycles. The molecule has 5 heteroatoms. The van der Waals surface area contributed by atoms with Crippen molar-refractivity contribution in [3.8, 4) is 0 Å². The maximum Gasteiger partial charge on any atom is 0.217 e. The third-order valence-corrected chi connectivity index (χ3v) is 1.95. The van der Waals surface area contributed by atoms with Gasteiger partial charge in [0.1, 0.15) is 0 Å². The van der Waals surface area contributed by atoms with Crippen LogP contribution in [0.3, 0.4) is 0 Å². The van der Waals surface area contributed by atoms with E-state index in [1.165, 1.54) is 0 Å². The molecular formula is C5H9ClN2O2. The maximum atomic E-state index is 10.2. The zero-order valence-electron chi connectivity index (χ0n) is 5.42. The third kappa shape index (κ3) is 1.82. The minimum Gasteiger partial charge on any atom is -0.301 e. The molecule has 0 saturated carbocycles. The lowest BCUT2D eigenvalue weighted by Crippen LogP contribution is -2.40. The van der Waals surface area contributed by atoms with Gasteiger partial charge in [-0.2, -0.15) is 0 Å². The second-order valence-electron chi connectivity index (χ2n) is 2.39. The topological polar surface area (TPSA) is 55.2 Å². The number of nitrogens with one attached hydrogen (secondary N) is 1. The van der Waals surface area contributed by atoms with Crippen molar-refractivity contribution in [2.24, 2.45) is 0 Å². The molecule has 0 bridgehead atoms. The van der Waals surface area contributed by atoms with Crippen LogP contribution in [0.2, 0.25) is 0 Å². The van der Waals surface area contributed by atoms with Crippen molar-refractivity contribution >= 4 is 11.6 Å². The molecule has 2 unspecified atom stereocenters. The Kier molecular flexibility index (Phi) is 2.45. The molecule has 0 aliphatic carbocycles. The number of hydrogen-bond donors (Lipinski definition) is 1. The van der Waals surface area contributed by atoms with E-state index in [0.717, 1.165) is 0 Å². The van der Waals surface area contributed by atoms with Crippen molar-refractivity contribution in [2.45, 2.75) is 24.4 Å². The highest BCUT2D eigenvalue weighted by Gasteiger charge is 2.27. The van der Waals surface area contributed by atoms with Gasteiger partial charge in [-0.25, -0.2) is 0 Å². The Morgan fingerprint density at radius 2 is 2.40 bits per heavy atom. The molecule has 0 aromatic carbocycles. The fraction of sp³-hybridized carbons (Fsp3) is 1.00. The standard InChI is InChI=1S/C5H9ClN2O2/c6-5-3-4(8(9)10)1-2-7-5/h4-5,7H,1-3H2. The quantitative estimate of drug-likeness (QED) is 0.267. The van der Waals surface area contributed by atoms with E-state index in [2.05, 4.69) is 5.32 Å². The van der Waals surface area contributed by atoms with Crippen LogP contribution >= 0.6 is 11.6 Å². The number of alkyl halides is 1. The number of nitrogens with zero attached hydrogens (tertiary/aromatic N) is 1. The molecule has 0 amide bonds. The highest BCUT2D eigenvalue weighted by Crippen LogP contribution is 2.13. The zero-order chi connectivity index (χ0) is 7.56. The Labute approximate surface area is 63.7 Å². The van der Waals surface area contributed by atoms with Gasteiger partial charge in [0.25, 0.3) is 0 Å². The molecule has 0 spiro atoms. The minimum absolute atomic E-state index is 0.218. The summed E-state index contributed by atoms with van der Waals surface area (Å²) >= 11 is 5.64. The van der Waals surface area contributed by atoms with Gasteiger partial charge in [0.2, 0.25) is 6.04 Å². The van der Waals surface area contributed by atoms with Gasteiger partial charge in [0.05, 0.1) is 5.50 Å². The molecule has 10 heavy (non-hydrogen) atoms. The highest BCUT2D eigenvalue weighted by molar-refractivity contribution is 6.20. The average Bonchev–Trinajstić information content (AvgIpc) is 1.88. The van der Waals surface area contributed by atoms with Crippen LogP contribution in [-0.2, 0) is 0 Å². The summed E-state index contributed by atoms with van der Waals surface area (Å²) in [5, 5.41) is 13.1. The second kappa shape index (κ2) is 3.16. The molecule has 1 rings (SSSR count). The molecule has 0 aromatic heterocycles. The van der Waals surface area contributed by atoms with E-state index >= 15 is 0 Å². The summed E-state index contributed by atoms with van der Waals surface area (Å²) in [5.74, 6) is 0. The number of nitro groups is 1. The molecule has 1 aliphatic rings. The molecule has 1 heterocycles. The Hall–Kier alpha value is -0.350. The third-order valence-electron chi connectivity index (χ3n) is 1.62. The number of piperidine rings is 1. The summed E-state index contributed by atoms with van der Waals surface area (Å²) in [4.78, 5) is 9.97. The average molecular weight is 165 g/mol. The lowest BCUT2D eigenvalue weighted by Gasteiger charge is -2.20. The van der Waals surface area contributed by atoms with Gasteiger partial charge in [0, 0.05) is 24.3 Å². The van der Waals surface area contributed by atoms with Crippen LogP contribution < -0.4 is 5.32 Å². The van der Waals surface area contributed by atoms with Crippen LogP contribution in [-0.4, -0.2) is 23.0 Å². The van der Waals surface area contributed by atoms with E-state index in [1.54, 1.807) is 0 Å². The first-order valence-electron chi connectivity index (χ1n) is 3.21. The van der Waals surface area contributed by atoms with Gasteiger partial charge in [-0.05, 0) is 0 Å². The summed E-state index contributed by atoms with van der Waals surface area (Å²) in [5.41, 5.74) is -0.218. The Balaban J connectivity index is 2.39.